The fourth-order valence-electron chi connectivity index (χ4n) is 3.53. The van der Waals surface area contributed by atoms with Gasteiger partial charge in [0.2, 0.25) is 0 Å². The van der Waals surface area contributed by atoms with Crippen LogP contribution in [0.25, 0.3) is 0 Å². The lowest BCUT2D eigenvalue weighted by Crippen LogP contribution is -2.59. The van der Waals surface area contributed by atoms with E-state index in [1.54, 1.807) is 0 Å². The molecule has 0 amide bonds. The van der Waals surface area contributed by atoms with E-state index in [0.29, 0.717) is 18.7 Å². The highest BCUT2D eigenvalue weighted by molar-refractivity contribution is 5.81. The highest BCUT2D eigenvalue weighted by Gasteiger charge is 2.47. The molecule has 116 valence electrons. The highest BCUT2D eigenvalue weighted by Crippen LogP contribution is 2.28. The molecule has 0 aromatic rings. The van der Waals surface area contributed by atoms with Crippen LogP contribution in [0.15, 0.2) is 0 Å². The molecule has 0 aromatic heterocycles. The Labute approximate surface area is 123 Å². The molecule has 0 aromatic carbocycles. The molecule has 2 rings (SSSR count). The van der Waals surface area contributed by atoms with Crippen LogP contribution >= 0.6 is 0 Å². The van der Waals surface area contributed by atoms with Crippen molar-refractivity contribution in [1.82, 2.24) is 10.2 Å². The molecule has 1 aliphatic carbocycles. The Bertz CT molecular complexity index is 326. The van der Waals surface area contributed by atoms with Gasteiger partial charge in [-0.25, -0.2) is 4.79 Å². The molecule has 0 spiro atoms. The predicted octanol–water partition coefficient (Wildman–Crippen LogP) is 2.32. The molecule has 1 N–H and O–H groups in total. The third-order valence-corrected chi connectivity index (χ3v) is 4.78. The lowest BCUT2D eigenvalue weighted by atomic mass is 9.90. The second-order valence-corrected chi connectivity index (χ2v) is 6.60. The molecule has 4 nitrogen and oxygen atoms in total. The highest BCUT2D eigenvalue weighted by atomic mass is 16.5. The number of ether oxygens (including phenoxy) is 1. The van der Waals surface area contributed by atoms with Gasteiger partial charge in [0.25, 0.3) is 0 Å². The van der Waals surface area contributed by atoms with Gasteiger partial charge in [0, 0.05) is 25.2 Å². The largest absolute Gasteiger partial charge is 0.465 e. The number of rotatable bonds is 5. The van der Waals surface area contributed by atoms with Crippen LogP contribution in [-0.4, -0.2) is 48.2 Å². The Balaban J connectivity index is 2.06. The Morgan fingerprint density at radius 3 is 2.60 bits per heavy atom. The fraction of sp³-hybridized carbons (Fsp3) is 0.938. The second kappa shape index (κ2) is 6.90. The van der Waals surface area contributed by atoms with Gasteiger partial charge in [-0.2, -0.15) is 0 Å². The summed E-state index contributed by atoms with van der Waals surface area (Å²) in [4.78, 5) is 14.9. The van der Waals surface area contributed by atoms with Crippen LogP contribution in [0.1, 0.15) is 59.3 Å². The third-order valence-electron chi connectivity index (χ3n) is 4.78. The Hall–Kier alpha value is -0.610. The van der Waals surface area contributed by atoms with Crippen molar-refractivity contribution in [2.24, 2.45) is 0 Å². The summed E-state index contributed by atoms with van der Waals surface area (Å²) >= 11 is 0. The number of hydrogen-bond acceptors (Lipinski definition) is 4. The van der Waals surface area contributed by atoms with Crippen LogP contribution in [-0.2, 0) is 9.53 Å². The average Bonchev–Trinajstić information content (AvgIpc) is 2.86. The summed E-state index contributed by atoms with van der Waals surface area (Å²) in [5, 5.41) is 3.68. The van der Waals surface area contributed by atoms with Crippen LogP contribution in [0.2, 0.25) is 0 Å². The first-order valence-corrected chi connectivity index (χ1v) is 8.26. The van der Waals surface area contributed by atoms with E-state index in [9.17, 15) is 4.79 Å². The van der Waals surface area contributed by atoms with Crippen LogP contribution in [0.3, 0.4) is 0 Å². The number of hydrogen-bond donors (Lipinski definition) is 1. The summed E-state index contributed by atoms with van der Waals surface area (Å²) in [5.74, 6) is -0.0475. The minimum absolute atomic E-state index is 0.0475. The molecule has 1 unspecified atom stereocenters. The van der Waals surface area contributed by atoms with Crippen molar-refractivity contribution in [1.29, 1.82) is 0 Å². The molecule has 20 heavy (non-hydrogen) atoms. The van der Waals surface area contributed by atoms with Crippen LogP contribution in [0.4, 0.5) is 0 Å². The van der Waals surface area contributed by atoms with Gasteiger partial charge in [-0.05, 0) is 40.0 Å². The fourth-order valence-corrected chi connectivity index (χ4v) is 3.53. The number of nitrogens with zero attached hydrogens (tertiary/aromatic N) is 1. The number of esters is 1. The van der Waals surface area contributed by atoms with E-state index in [1.807, 2.05) is 6.92 Å². The zero-order chi connectivity index (χ0) is 14.6. The second-order valence-electron chi connectivity index (χ2n) is 6.60. The van der Waals surface area contributed by atoms with Gasteiger partial charge in [-0.15, -0.1) is 0 Å². The van der Waals surface area contributed by atoms with E-state index in [0.717, 1.165) is 19.5 Å². The lowest BCUT2D eigenvalue weighted by molar-refractivity contribution is -0.151. The van der Waals surface area contributed by atoms with Crippen LogP contribution in [0.5, 0.6) is 0 Å². The van der Waals surface area contributed by atoms with Gasteiger partial charge in [0.05, 0.1) is 6.61 Å². The van der Waals surface area contributed by atoms with Crippen LogP contribution < -0.4 is 5.32 Å². The summed E-state index contributed by atoms with van der Waals surface area (Å²) in [6, 6.07) is 0.972. The van der Waals surface area contributed by atoms with Crippen molar-refractivity contribution in [3.05, 3.63) is 0 Å². The molecule has 2 fully saturated rings. The standard InChI is InChI=1S/C16H30N2O2/c1-4-20-15(19)16(10-11-18(12-16)13(2)3)17-14-8-6-5-7-9-14/h13-14,17H,4-12H2,1-3H3. The van der Waals surface area contributed by atoms with Gasteiger partial charge in [0.15, 0.2) is 0 Å². The quantitative estimate of drug-likeness (QED) is 0.786. The molecule has 1 saturated carbocycles. The molecule has 1 heterocycles. The Morgan fingerprint density at radius 1 is 1.35 bits per heavy atom. The minimum Gasteiger partial charge on any atom is -0.465 e. The van der Waals surface area contributed by atoms with Crippen molar-refractivity contribution in [2.75, 3.05) is 19.7 Å². The van der Waals surface area contributed by atoms with Crippen molar-refractivity contribution < 1.29 is 9.53 Å². The van der Waals surface area contributed by atoms with E-state index in [1.165, 1.54) is 32.1 Å². The van der Waals surface area contributed by atoms with Crippen molar-refractivity contribution in [3.8, 4) is 0 Å². The predicted molar refractivity (Wildman–Crippen MR) is 80.7 cm³/mol. The first kappa shape index (κ1) is 15.8. The SMILES string of the molecule is CCOC(=O)C1(NC2CCCCC2)CCN(C(C)C)C1. The van der Waals surface area contributed by atoms with E-state index >= 15 is 0 Å². The monoisotopic (exact) mass is 282 g/mol. The first-order chi connectivity index (χ1) is 9.57. The van der Waals surface area contributed by atoms with Crippen LogP contribution in [0, 0.1) is 0 Å². The van der Waals surface area contributed by atoms with E-state index in [2.05, 4.69) is 24.1 Å². The summed E-state index contributed by atoms with van der Waals surface area (Å²) in [7, 11) is 0. The molecular formula is C16H30N2O2. The normalized spacial score (nSPS) is 29.0. The van der Waals surface area contributed by atoms with Gasteiger partial charge in [-0.3, -0.25) is 10.2 Å². The lowest BCUT2D eigenvalue weighted by Gasteiger charge is -2.35. The Morgan fingerprint density at radius 2 is 2.05 bits per heavy atom. The smallest absolute Gasteiger partial charge is 0.327 e. The topological polar surface area (TPSA) is 41.6 Å². The van der Waals surface area contributed by atoms with Gasteiger partial charge < -0.3 is 4.74 Å². The van der Waals surface area contributed by atoms with Gasteiger partial charge in [0.1, 0.15) is 5.54 Å². The maximum Gasteiger partial charge on any atom is 0.327 e. The number of carbonyl (C=O) groups excluding carboxylic acids is 1. The molecule has 1 saturated heterocycles. The summed E-state index contributed by atoms with van der Waals surface area (Å²) in [6.45, 7) is 8.52. The van der Waals surface area contributed by atoms with E-state index in [4.69, 9.17) is 4.74 Å². The van der Waals surface area contributed by atoms with Crippen molar-refractivity contribution in [2.45, 2.75) is 76.9 Å². The maximum atomic E-state index is 12.5. The zero-order valence-corrected chi connectivity index (χ0v) is 13.3. The molecule has 1 aliphatic heterocycles. The molecule has 4 heteroatoms. The first-order valence-electron chi connectivity index (χ1n) is 8.26. The molecule has 0 radical (unpaired) electrons. The summed E-state index contributed by atoms with van der Waals surface area (Å²) < 4.78 is 5.37. The maximum absolute atomic E-state index is 12.5. The average molecular weight is 282 g/mol. The summed E-state index contributed by atoms with van der Waals surface area (Å²) in [5.41, 5.74) is -0.470. The van der Waals surface area contributed by atoms with Gasteiger partial charge >= 0.3 is 5.97 Å². The number of carbonyl (C=O) groups is 1. The molecular weight excluding hydrogens is 252 g/mol. The Kier molecular flexibility index (Phi) is 5.44. The molecule has 2 aliphatic rings. The van der Waals surface area contributed by atoms with E-state index < -0.39 is 5.54 Å². The number of likely N-dealkylation sites (tertiary alicyclic amines) is 1. The minimum atomic E-state index is -0.470. The molecule has 0 bridgehead atoms. The van der Waals surface area contributed by atoms with E-state index in [-0.39, 0.29) is 5.97 Å². The number of nitrogens with one attached hydrogen (secondary N) is 1. The third kappa shape index (κ3) is 3.53. The van der Waals surface area contributed by atoms with Gasteiger partial charge in [-0.1, -0.05) is 19.3 Å². The summed E-state index contributed by atoms with van der Waals surface area (Å²) in [6.07, 6.45) is 7.17. The molecule has 1 atom stereocenters. The van der Waals surface area contributed by atoms with Crippen molar-refractivity contribution >= 4 is 5.97 Å². The zero-order valence-electron chi connectivity index (χ0n) is 13.3. The van der Waals surface area contributed by atoms with Crippen molar-refractivity contribution in [3.63, 3.8) is 0 Å².